The molecule has 0 aromatic heterocycles. The van der Waals surface area contributed by atoms with Crippen LogP contribution in [0.4, 0.5) is 0 Å². The van der Waals surface area contributed by atoms with Gasteiger partial charge in [-0.25, -0.2) is 8.42 Å². The van der Waals surface area contributed by atoms with Crippen molar-refractivity contribution in [2.45, 2.75) is 38.6 Å². The van der Waals surface area contributed by atoms with Crippen LogP contribution in [0.15, 0.2) is 0 Å². The maximum atomic E-state index is 12.1. The Morgan fingerprint density at radius 1 is 1.30 bits per heavy atom. The number of carbonyl (C=O) groups excluding carboxylic acids is 1. The molecule has 0 aromatic carbocycles. The molecule has 1 heterocycles. The zero-order valence-corrected chi connectivity index (χ0v) is 12.8. The number of morpholine rings is 1. The van der Waals surface area contributed by atoms with Crippen molar-refractivity contribution in [3.8, 4) is 0 Å². The summed E-state index contributed by atoms with van der Waals surface area (Å²) in [7, 11) is -3.33. The molecule has 7 heteroatoms. The van der Waals surface area contributed by atoms with Gasteiger partial charge in [0.1, 0.15) is 0 Å². The van der Waals surface area contributed by atoms with Gasteiger partial charge in [-0.2, -0.15) is 4.31 Å². The fourth-order valence-electron chi connectivity index (χ4n) is 2.81. The highest BCUT2D eigenvalue weighted by Gasteiger charge is 2.26. The SMILES string of the molecule is CC1CCC(NC(=O)CCS(=O)(=O)N2CCOCC2)C1. The second-order valence-electron chi connectivity index (χ2n) is 5.76. The summed E-state index contributed by atoms with van der Waals surface area (Å²) in [6, 6.07) is 0.226. The van der Waals surface area contributed by atoms with Crippen LogP contribution in [0.3, 0.4) is 0 Å². The Morgan fingerprint density at radius 3 is 2.60 bits per heavy atom. The van der Waals surface area contributed by atoms with Gasteiger partial charge in [0.15, 0.2) is 0 Å². The van der Waals surface area contributed by atoms with Gasteiger partial charge in [0.05, 0.1) is 19.0 Å². The first-order valence-electron chi connectivity index (χ1n) is 7.32. The van der Waals surface area contributed by atoms with Gasteiger partial charge in [0.2, 0.25) is 15.9 Å². The molecule has 1 N–H and O–H groups in total. The van der Waals surface area contributed by atoms with Crippen molar-refractivity contribution in [1.29, 1.82) is 0 Å². The minimum absolute atomic E-state index is 0.0462. The molecule has 2 unspecified atom stereocenters. The molecule has 1 saturated carbocycles. The number of hydrogen-bond acceptors (Lipinski definition) is 4. The van der Waals surface area contributed by atoms with E-state index in [1.165, 1.54) is 4.31 Å². The molecule has 1 aliphatic carbocycles. The highest BCUT2D eigenvalue weighted by Crippen LogP contribution is 2.24. The van der Waals surface area contributed by atoms with Crippen molar-refractivity contribution in [3.63, 3.8) is 0 Å². The third kappa shape index (κ3) is 4.43. The second-order valence-corrected chi connectivity index (χ2v) is 7.85. The number of nitrogens with one attached hydrogen (secondary N) is 1. The topological polar surface area (TPSA) is 75.7 Å². The minimum atomic E-state index is -3.33. The van der Waals surface area contributed by atoms with Crippen molar-refractivity contribution in [1.82, 2.24) is 9.62 Å². The van der Waals surface area contributed by atoms with E-state index in [1.807, 2.05) is 0 Å². The summed E-state index contributed by atoms with van der Waals surface area (Å²) in [4.78, 5) is 11.8. The molecule has 2 atom stereocenters. The lowest BCUT2D eigenvalue weighted by atomic mass is 10.1. The predicted octanol–water partition coefficient (Wildman–Crippen LogP) is 0.343. The lowest BCUT2D eigenvalue weighted by molar-refractivity contribution is -0.121. The van der Waals surface area contributed by atoms with Gasteiger partial charge in [-0.15, -0.1) is 0 Å². The second kappa shape index (κ2) is 6.87. The molecular formula is C13H24N2O4S. The van der Waals surface area contributed by atoms with Crippen LogP contribution in [0.2, 0.25) is 0 Å². The average Bonchev–Trinajstić information content (AvgIpc) is 2.83. The van der Waals surface area contributed by atoms with Gasteiger partial charge < -0.3 is 10.1 Å². The summed E-state index contributed by atoms with van der Waals surface area (Å²) < 4.78 is 30.7. The highest BCUT2D eigenvalue weighted by molar-refractivity contribution is 7.89. The quantitative estimate of drug-likeness (QED) is 0.795. The van der Waals surface area contributed by atoms with Crippen molar-refractivity contribution >= 4 is 15.9 Å². The van der Waals surface area contributed by atoms with Gasteiger partial charge in [-0.1, -0.05) is 6.92 Å². The number of rotatable bonds is 5. The third-order valence-corrected chi connectivity index (χ3v) is 5.88. The summed E-state index contributed by atoms with van der Waals surface area (Å²) in [6.45, 7) is 3.83. The van der Waals surface area contributed by atoms with Crippen LogP contribution in [0.5, 0.6) is 0 Å². The summed E-state index contributed by atoms with van der Waals surface area (Å²) in [5.74, 6) is 0.388. The Kier molecular flexibility index (Phi) is 5.40. The van der Waals surface area contributed by atoms with Crippen molar-refractivity contribution in [2.24, 2.45) is 5.92 Å². The van der Waals surface area contributed by atoms with Crippen molar-refractivity contribution in [3.05, 3.63) is 0 Å². The number of ether oxygens (including phenoxy) is 1. The number of nitrogens with zero attached hydrogens (tertiary/aromatic N) is 1. The first-order valence-corrected chi connectivity index (χ1v) is 8.93. The van der Waals surface area contributed by atoms with Crippen LogP contribution in [0.1, 0.15) is 32.6 Å². The smallest absolute Gasteiger partial charge is 0.221 e. The summed E-state index contributed by atoms with van der Waals surface area (Å²) in [5, 5.41) is 2.94. The lowest BCUT2D eigenvalue weighted by Gasteiger charge is -2.26. The monoisotopic (exact) mass is 304 g/mol. The third-order valence-electron chi connectivity index (χ3n) is 4.01. The first-order chi connectivity index (χ1) is 9.47. The molecule has 1 amide bonds. The molecule has 116 valence electrons. The van der Waals surface area contributed by atoms with E-state index >= 15 is 0 Å². The van der Waals surface area contributed by atoms with E-state index in [0.717, 1.165) is 19.3 Å². The van der Waals surface area contributed by atoms with Crippen LogP contribution >= 0.6 is 0 Å². The number of amides is 1. The highest BCUT2D eigenvalue weighted by atomic mass is 32.2. The Labute approximate surface area is 120 Å². The largest absolute Gasteiger partial charge is 0.379 e. The van der Waals surface area contributed by atoms with Gasteiger partial charge in [-0.05, 0) is 25.2 Å². The van der Waals surface area contributed by atoms with E-state index in [9.17, 15) is 13.2 Å². The first kappa shape index (κ1) is 15.7. The molecule has 6 nitrogen and oxygen atoms in total. The standard InChI is InChI=1S/C13H24N2O4S/c1-11-2-3-12(10-11)14-13(16)4-9-20(17,18)15-5-7-19-8-6-15/h11-12H,2-10H2,1H3,(H,14,16). The van der Waals surface area contributed by atoms with E-state index in [0.29, 0.717) is 32.2 Å². The van der Waals surface area contributed by atoms with E-state index in [4.69, 9.17) is 4.74 Å². The molecule has 2 rings (SSSR count). The maximum Gasteiger partial charge on any atom is 0.221 e. The summed E-state index contributed by atoms with van der Waals surface area (Å²) in [6.07, 6.45) is 3.19. The van der Waals surface area contributed by atoms with Gasteiger partial charge in [0.25, 0.3) is 0 Å². The summed E-state index contributed by atoms with van der Waals surface area (Å²) >= 11 is 0. The molecule has 1 aliphatic heterocycles. The van der Waals surface area contributed by atoms with E-state index in [2.05, 4.69) is 12.2 Å². The molecule has 0 aromatic rings. The Hall–Kier alpha value is -0.660. The fourth-order valence-corrected chi connectivity index (χ4v) is 4.22. The zero-order chi connectivity index (χ0) is 14.6. The molecule has 2 fully saturated rings. The maximum absolute atomic E-state index is 12.1. The average molecular weight is 304 g/mol. The van der Waals surface area contributed by atoms with E-state index < -0.39 is 10.0 Å². The van der Waals surface area contributed by atoms with Crippen molar-refractivity contribution in [2.75, 3.05) is 32.1 Å². The van der Waals surface area contributed by atoms with Gasteiger partial charge >= 0.3 is 0 Å². The van der Waals surface area contributed by atoms with Crippen molar-refractivity contribution < 1.29 is 17.9 Å². The Bertz CT molecular complexity index is 432. The number of sulfonamides is 1. The Morgan fingerprint density at radius 2 is 2.00 bits per heavy atom. The molecule has 1 saturated heterocycles. The predicted molar refractivity (Wildman–Crippen MR) is 75.7 cm³/mol. The minimum Gasteiger partial charge on any atom is -0.379 e. The molecule has 20 heavy (non-hydrogen) atoms. The van der Waals surface area contributed by atoms with Crippen LogP contribution in [-0.2, 0) is 19.6 Å². The molecule has 0 radical (unpaired) electrons. The van der Waals surface area contributed by atoms with Gasteiger partial charge in [0, 0.05) is 25.6 Å². The zero-order valence-electron chi connectivity index (χ0n) is 12.0. The lowest BCUT2D eigenvalue weighted by Crippen LogP contribution is -2.43. The Balaban J connectivity index is 1.74. The molecular weight excluding hydrogens is 280 g/mol. The molecule has 2 aliphatic rings. The number of carbonyl (C=O) groups is 1. The van der Waals surface area contributed by atoms with E-state index in [-0.39, 0.29) is 24.1 Å². The summed E-state index contributed by atoms with van der Waals surface area (Å²) in [5.41, 5.74) is 0. The van der Waals surface area contributed by atoms with Crippen LogP contribution in [0.25, 0.3) is 0 Å². The van der Waals surface area contributed by atoms with Crippen LogP contribution in [0, 0.1) is 5.92 Å². The fraction of sp³-hybridized carbons (Fsp3) is 0.923. The van der Waals surface area contributed by atoms with Crippen LogP contribution in [-0.4, -0.2) is 56.7 Å². The van der Waals surface area contributed by atoms with E-state index in [1.54, 1.807) is 0 Å². The number of hydrogen-bond donors (Lipinski definition) is 1. The van der Waals surface area contributed by atoms with Gasteiger partial charge in [-0.3, -0.25) is 4.79 Å². The van der Waals surface area contributed by atoms with Crippen LogP contribution < -0.4 is 5.32 Å². The molecule has 0 bridgehead atoms. The normalized spacial score (nSPS) is 28.4. The molecule has 0 spiro atoms.